The topological polar surface area (TPSA) is 93.6 Å². The van der Waals surface area contributed by atoms with Crippen molar-refractivity contribution in [3.63, 3.8) is 0 Å². The lowest BCUT2D eigenvalue weighted by molar-refractivity contribution is 0.626. The van der Waals surface area contributed by atoms with Gasteiger partial charge < -0.3 is 11.5 Å². The minimum absolute atomic E-state index is 0.141. The van der Waals surface area contributed by atoms with Gasteiger partial charge in [0.1, 0.15) is 11.6 Å². The molecule has 0 saturated carbocycles. The van der Waals surface area contributed by atoms with Crippen molar-refractivity contribution in [1.82, 2.24) is 15.2 Å². The van der Waals surface area contributed by atoms with Crippen LogP contribution in [0.5, 0.6) is 0 Å². The average Bonchev–Trinajstić information content (AvgIpc) is 2.65. The molecule has 1 aromatic heterocycles. The number of nitrogen functional groups attached to an aromatic ring is 1. The SMILES string of the molecule is Nc1n[nH]c(C(N)c2ccc(F)cc2)n1. The van der Waals surface area contributed by atoms with Crippen molar-refractivity contribution in [3.05, 3.63) is 41.5 Å². The third kappa shape index (κ3) is 1.94. The molecule has 15 heavy (non-hydrogen) atoms. The van der Waals surface area contributed by atoms with Crippen LogP contribution in [0.1, 0.15) is 17.4 Å². The zero-order valence-corrected chi connectivity index (χ0v) is 7.81. The van der Waals surface area contributed by atoms with E-state index in [1.54, 1.807) is 12.1 Å². The van der Waals surface area contributed by atoms with Crippen LogP contribution in [0.2, 0.25) is 0 Å². The number of nitrogens with two attached hydrogens (primary N) is 2. The number of anilines is 1. The van der Waals surface area contributed by atoms with Gasteiger partial charge in [-0.15, -0.1) is 5.10 Å². The van der Waals surface area contributed by atoms with Gasteiger partial charge in [0, 0.05) is 0 Å². The average molecular weight is 207 g/mol. The lowest BCUT2D eigenvalue weighted by atomic mass is 10.1. The van der Waals surface area contributed by atoms with Crippen LogP contribution in [0.25, 0.3) is 0 Å². The lowest BCUT2D eigenvalue weighted by Crippen LogP contribution is -2.13. The first kappa shape index (κ1) is 9.60. The second kappa shape index (κ2) is 3.66. The molecule has 1 heterocycles. The fourth-order valence-electron chi connectivity index (χ4n) is 1.26. The number of hydrogen-bond donors (Lipinski definition) is 3. The Bertz CT molecular complexity index is 450. The summed E-state index contributed by atoms with van der Waals surface area (Å²) in [6, 6.07) is 5.40. The molecule has 0 radical (unpaired) electrons. The Morgan fingerprint density at radius 3 is 2.47 bits per heavy atom. The summed E-state index contributed by atoms with van der Waals surface area (Å²) in [7, 11) is 0. The van der Waals surface area contributed by atoms with E-state index in [9.17, 15) is 4.39 Å². The Morgan fingerprint density at radius 2 is 1.93 bits per heavy atom. The molecule has 1 atom stereocenters. The molecule has 1 aromatic carbocycles. The van der Waals surface area contributed by atoms with Crippen LogP contribution >= 0.6 is 0 Å². The van der Waals surface area contributed by atoms with Gasteiger partial charge >= 0.3 is 0 Å². The Labute approximate surface area is 85.3 Å². The number of aromatic amines is 1. The molecule has 0 spiro atoms. The predicted octanol–water partition coefficient (Wildman–Crippen LogP) is 0.574. The highest BCUT2D eigenvalue weighted by molar-refractivity contribution is 5.26. The van der Waals surface area contributed by atoms with Crippen molar-refractivity contribution in [1.29, 1.82) is 0 Å². The third-order valence-corrected chi connectivity index (χ3v) is 2.04. The maximum Gasteiger partial charge on any atom is 0.239 e. The van der Waals surface area contributed by atoms with E-state index in [2.05, 4.69) is 15.2 Å². The van der Waals surface area contributed by atoms with Gasteiger partial charge in [-0.1, -0.05) is 12.1 Å². The number of halogens is 1. The quantitative estimate of drug-likeness (QED) is 0.671. The summed E-state index contributed by atoms with van der Waals surface area (Å²) in [6.07, 6.45) is 0. The molecule has 6 heteroatoms. The Morgan fingerprint density at radius 1 is 1.27 bits per heavy atom. The maximum atomic E-state index is 12.7. The largest absolute Gasteiger partial charge is 0.367 e. The normalized spacial score (nSPS) is 12.7. The van der Waals surface area contributed by atoms with E-state index < -0.39 is 6.04 Å². The molecule has 0 aliphatic carbocycles. The fraction of sp³-hybridized carbons (Fsp3) is 0.111. The van der Waals surface area contributed by atoms with E-state index in [-0.39, 0.29) is 11.8 Å². The van der Waals surface area contributed by atoms with E-state index in [0.29, 0.717) is 5.82 Å². The van der Waals surface area contributed by atoms with Gasteiger partial charge in [-0.2, -0.15) is 4.98 Å². The van der Waals surface area contributed by atoms with Gasteiger partial charge in [-0.05, 0) is 17.7 Å². The summed E-state index contributed by atoms with van der Waals surface area (Å²) in [5.41, 5.74) is 12.0. The van der Waals surface area contributed by atoms with Crippen LogP contribution in [0.15, 0.2) is 24.3 Å². The van der Waals surface area contributed by atoms with Crippen LogP contribution in [0, 0.1) is 5.82 Å². The Balaban J connectivity index is 2.28. The second-order valence-corrected chi connectivity index (χ2v) is 3.11. The summed E-state index contributed by atoms with van der Waals surface area (Å²) in [4.78, 5) is 3.90. The van der Waals surface area contributed by atoms with E-state index in [0.717, 1.165) is 5.56 Å². The molecule has 0 fully saturated rings. The molecule has 2 aromatic rings. The molecule has 1 unspecified atom stereocenters. The monoisotopic (exact) mass is 207 g/mol. The highest BCUT2D eigenvalue weighted by Crippen LogP contribution is 2.16. The molecule has 0 bridgehead atoms. The van der Waals surface area contributed by atoms with Crippen LogP contribution in [0.4, 0.5) is 10.3 Å². The molecule has 78 valence electrons. The zero-order chi connectivity index (χ0) is 10.8. The standard InChI is InChI=1S/C9H10FN5/c10-6-3-1-5(2-4-6)7(11)8-13-9(12)15-14-8/h1-4,7H,11H2,(H3,12,13,14,15). The van der Waals surface area contributed by atoms with Gasteiger partial charge in [0.15, 0.2) is 0 Å². The van der Waals surface area contributed by atoms with Crippen molar-refractivity contribution in [2.45, 2.75) is 6.04 Å². The summed E-state index contributed by atoms with van der Waals surface area (Å²) in [5.74, 6) is 0.296. The molecule has 2 rings (SSSR count). The van der Waals surface area contributed by atoms with Crippen LogP contribution in [-0.4, -0.2) is 15.2 Å². The number of nitrogens with one attached hydrogen (secondary N) is 1. The highest BCUT2D eigenvalue weighted by Gasteiger charge is 2.12. The molecule has 0 aliphatic heterocycles. The maximum absolute atomic E-state index is 12.7. The van der Waals surface area contributed by atoms with E-state index >= 15 is 0 Å². The minimum atomic E-state index is -0.476. The van der Waals surface area contributed by atoms with Gasteiger partial charge in [-0.3, -0.25) is 5.10 Å². The predicted molar refractivity (Wildman–Crippen MR) is 53.2 cm³/mol. The molecule has 0 amide bonds. The Kier molecular flexibility index (Phi) is 2.34. The molecule has 5 N–H and O–H groups in total. The summed E-state index contributed by atoms with van der Waals surface area (Å²) in [6.45, 7) is 0. The number of rotatable bonds is 2. The van der Waals surface area contributed by atoms with E-state index in [4.69, 9.17) is 11.5 Å². The van der Waals surface area contributed by atoms with E-state index in [1.165, 1.54) is 12.1 Å². The van der Waals surface area contributed by atoms with Gasteiger partial charge in [-0.25, -0.2) is 4.39 Å². The number of nitrogens with zero attached hydrogens (tertiary/aromatic N) is 2. The first-order valence-corrected chi connectivity index (χ1v) is 4.35. The fourth-order valence-corrected chi connectivity index (χ4v) is 1.26. The van der Waals surface area contributed by atoms with Crippen molar-refractivity contribution in [2.75, 3.05) is 5.73 Å². The van der Waals surface area contributed by atoms with Gasteiger partial charge in [0.05, 0.1) is 6.04 Å². The molecular weight excluding hydrogens is 197 g/mol. The van der Waals surface area contributed by atoms with Crippen LogP contribution in [0.3, 0.4) is 0 Å². The molecule has 0 aliphatic rings. The summed E-state index contributed by atoms with van der Waals surface area (Å²) in [5, 5.41) is 6.28. The lowest BCUT2D eigenvalue weighted by Gasteiger charge is -2.07. The smallest absolute Gasteiger partial charge is 0.239 e. The van der Waals surface area contributed by atoms with E-state index in [1.807, 2.05) is 0 Å². The van der Waals surface area contributed by atoms with Crippen LogP contribution < -0.4 is 11.5 Å². The Hall–Kier alpha value is -1.95. The van der Waals surface area contributed by atoms with Gasteiger partial charge in [0.2, 0.25) is 5.95 Å². The third-order valence-electron chi connectivity index (χ3n) is 2.04. The van der Waals surface area contributed by atoms with Crippen LogP contribution in [-0.2, 0) is 0 Å². The molecule has 5 nitrogen and oxygen atoms in total. The van der Waals surface area contributed by atoms with Crippen molar-refractivity contribution >= 4 is 5.95 Å². The first-order valence-electron chi connectivity index (χ1n) is 4.35. The zero-order valence-electron chi connectivity index (χ0n) is 7.81. The minimum Gasteiger partial charge on any atom is -0.367 e. The van der Waals surface area contributed by atoms with Crippen molar-refractivity contribution in [2.24, 2.45) is 5.73 Å². The summed E-state index contributed by atoms with van der Waals surface area (Å²) >= 11 is 0. The molecule has 0 saturated heterocycles. The van der Waals surface area contributed by atoms with Crippen molar-refractivity contribution < 1.29 is 4.39 Å². The second-order valence-electron chi connectivity index (χ2n) is 3.11. The molecular formula is C9H10FN5. The number of hydrogen-bond acceptors (Lipinski definition) is 4. The number of aromatic nitrogens is 3. The first-order chi connectivity index (χ1) is 7.16. The summed E-state index contributed by atoms with van der Waals surface area (Å²) < 4.78 is 12.7. The number of benzene rings is 1. The number of H-pyrrole nitrogens is 1. The van der Waals surface area contributed by atoms with Crippen molar-refractivity contribution in [3.8, 4) is 0 Å². The highest BCUT2D eigenvalue weighted by atomic mass is 19.1. The van der Waals surface area contributed by atoms with Gasteiger partial charge in [0.25, 0.3) is 0 Å².